The molecule has 37 heavy (non-hydrogen) atoms. The van der Waals surface area contributed by atoms with Crippen LogP contribution in [0.5, 0.6) is 0 Å². The minimum absolute atomic E-state index is 0.0473. The van der Waals surface area contributed by atoms with Crippen molar-refractivity contribution in [2.45, 2.75) is 59.5 Å². The van der Waals surface area contributed by atoms with Gasteiger partial charge in [-0.25, -0.2) is 0 Å². The molecule has 2 fully saturated rings. The maximum Gasteiger partial charge on any atom is 0.231 e. The number of nitrogens with zero attached hydrogens (tertiary/aromatic N) is 2. The summed E-state index contributed by atoms with van der Waals surface area (Å²) >= 11 is 0. The highest BCUT2D eigenvalue weighted by Gasteiger charge is 2.44. The van der Waals surface area contributed by atoms with Crippen LogP contribution < -0.4 is 0 Å². The van der Waals surface area contributed by atoms with Crippen molar-refractivity contribution in [1.29, 1.82) is 0 Å². The summed E-state index contributed by atoms with van der Waals surface area (Å²) in [4.78, 5) is 17.6. The van der Waals surface area contributed by atoms with E-state index in [9.17, 15) is 4.79 Å². The molecule has 0 N–H and O–H groups in total. The molecule has 1 aliphatic carbocycles. The van der Waals surface area contributed by atoms with Crippen molar-refractivity contribution in [3.8, 4) is 0 Å². The zero-order valence-electron chi connectivity index (χ0n) is 23.7. The van der Waals surface area contributed by atoms with Gasteiger partial charge in [0, 0.05) is 36.8 Å². The average molecular weight is 501 g/mol. The lowest BCUT2D eigenvalue weighted by Gasteiger charge is -2.33. The second-order valence-electron chi connectivity index (χ2n) is 11.5. The van der Waals surface area contributed by atoms with Crippen molar-refractivity contribution in [3.63, 3.8) is 0 Å². The van der Waals surface area contributed by atoms with E-state index in [0.717, 1.165) is 37.1 Å². The summed E-state index contributed by atoms with van der Waals surface area (Å²) in [6.45, 7) is 29.1. The fourth-order valence-corrected chi connectivity index (χ4v) is 6.93. The molecule has 0 bridgehead atoms. The Bertz CT molecular complexity index is 1020. The Balaban J connectivity index is 1.73. The van der Waals surface area contributed by atoms with Crippen molar-refractivity contribution < 1.29 is 4.79 Å². The van der Waals surface area contributed by atoms with Gasteiger partial charge < -0.3 is 9.80 Å². The second kappa shape index (κ2) is 12.6. The number of carbonyl (C=O) groups is 1. The SMILES string of the molecule is C=CCC1C(=O)N(Cc2cccc(CN(C)C(=C)C3C(C)CC(C=C)C3CC=C)c2)C(=C)C1C(C)CC. The van der Waals surface area contributed by atoms with Gasteiger partial charge >= 0.3 is 0 Å². The van der Waals surface area contributed by atoms with Crippen molar-refractivity contribution in [3.05, 3.63) is 97.9 Å². The van der Waals surface area contributed by atoms with Crippen molar-refractivity contribution in [2.24, 2.45) is 41.4 Å². The summed E-state index contributed by atoms with van der Waals surface area (Å²) in [6.07, 6.45) is 9.93. The molecule has 0 radical (unpaired) electrons. The lowest BCUT2D eigenvalue weighted by Crippen LogP contribution is -2.28. The zero-order chi connectivity index (χ0) is 27.3. The molecular weight excluding hydrogens is 452 g/mol. The minimum atomic E-state index is -0.0473. The third kappa shape index (κ3) is 6.03. The number of hydrogen-bond acceptors (Lipinski definition) is 2. The quantitative estimate of drug-likeness (QED) is 0.256. The third-order valence-electron chi connectivity index (χ3n) is 9.06. The summed E-state index contributed by atoms with van der Waals surface area (Å²) in [6, 6.07) is 8.62. The summed E-state index contributed by atoms with van der Waals surface area (Å²) in [5.74, 6) is 2.77. The van der Waals surface area contributed by atoms with Crippen molar-refractivity contribution >= 4 is 5.91 Å². The van der Waals surface area contributed by atoms with Crippen LogP contribution in [0.4, 0.5) is 0 Å². The van der Waals surface area contributed by atoms with E-state index in [2.05, 4.69) is 96.0 Å². The van der Waals surface area contributed by atoms with Crippen LogP contribution >= 0.6 is 0 Å². The maximum atomic E-state index is 13.4. The van der Waals surface area contributed by atoms with Crippen LogP contribution in [0.15, 0.2) is 86.8 Å². The van der Waals surface area contributed by atoms with Gasteiger partial charge in [0.15, 0.2) is 0 Å². The van der Waals surface area contributed by atoms with E-state index < -0.39 is 0 Å². The normalized spacial score (nSPS) is 28.3. The molecule has 3 nitrogen and oxygen atoms in total. The molecular formula is C34H48N2O. The summed E-state index contributed by atoms with van der Waals surface area (Å²) in [5.41, 5.74) is 4.52. The van der Waals surface area contributed by atoms with Gasteiger partial charge in [-0.15, -0.1) is 19.7 Å². The van der Waals surface area contributed by atoms with Crippen LogP contribution in [-0.2, 0) is 17.9 Å². The van der Waals surface area contributed by atoms with E-state index in [0.29, 0.717) is 42.6 Å². The van der Waals surface area contributed by atoms with Crippen LogP contribution in [0.2, 0.25) is 0 Å². The predicted molar refractivity (Wildman–Crippen MR) is 157 cm³/mol. The van der Waals surface area contributed by atoms with Crippen LogP contribution in [0.25, 0.3) is 0 Å². The van der Waals surface area contributed by atoms with Crippen LogP contribution in [0, 0.1) is 41.4 Å². The van der Waals surface area contributed by atoms with E-state index in [1.54, 1.807) is 0 Å². The van der Waals surface area contributed by atoms with E-state index in [-0.39, 0.29) is 17.7 Å². The molecule has 1 heterocycles. The molecule has 1 aromatic rings. The number of amides is 1. The van der Waals surface area contributed by atoms with Gasteiger partial charge in [0.2, 0.25) is 5.91 Å². The van der Waals surface area contributed by atoms with E-state index in [1.165, 1.54) is 11.3 Å². The molecule has 1 aliphatic heterocycles. The number of rotatable bonds is 13. The molecule has 200 valence electrons. The molecule has 1 amide bonds. The highest BCUT2D eigenvalue weighted by atomic mass is 16.2. The highest BCUT2D eigenvalue weighted by Crippen LogP contribution is 2.48. The fourth-order valence-electron chi connectivity index (χ4n) is 6.93. The Hall–Kier alpha value is -2.81. The molecule has 1 aromatic carbocycles. The van der Waals surface area contributed by atoms with Gasteiger partial charge in [-0.3, -0.25) is 4.79 Å². The molecule has 7 unspecified atom stereocenters. The first-order valence-corrected chi connectivity index (χ1v) is 14.0. The number of carbonyl (C=O) groups excluding carboxylic acids is 1. The summed E-state index contributed by atoms with van der Waals surface area (Å²) in [5, 5.41) is 0. The first kappa shape index (κ1) is 28.8. The van der Waals surface area contributed by atoms with E-state index >= 15 is 0 Å². The standard InChI is InChI=1S/C34H48N2O/c1-10-15-30-29(13-4)19-24(6)33(30)25(7)35(9)21-27-17-14-18-28(20-27)22-36-26(8)32(23(5)12-3)31(16-11-2)34(36)37/h10-11,13-14,17-18,20,23-24,29-33H,1-2,4,7-8,12,15-16,19,21-22H2,3,5-6,9H3. The summed E-state index contributed by atoms with van der Waals surface area (Å²) in [7, 11) is 2.15. The molecule has 3 heteroatoms. The lowest BCUT2D eigenvalue weighted by molar-refractivity contribution is -0.131. The molecule has 1 saturated heterocycles. The van der Waals surface area contributed by atoms with Gasteiger partial charge in [0.1, 0.15) is 0 Å². The first-order chi connectivity index (χ1) is 17.7. The third-order valence-corrected chi connectivity index (χ3v) is 9.06. The highest BCUT2D eigenvalue weighted by molar-refractivity contribution is 5.84. The van der Waals surface area contributed by atoms with Gasteiger partial charge in [-0.05, 0) is 54.1 Å². The topological polar surface area (TPSA) is 23.6 Å². The number of hydrogen-bond donors (Lipinski definition) is 0. The van der Waals surface area contributed by atoms with Crippen molar-refractivity contribution in [1.82, 2.24) is 9.80 Å². The Morgan fingerprint density at radius 1 is 1.19 bits per heavy atom. The minimum Gasteiger partial charge on any atom is -0.374 e. The lowest BCUT2D eigenvalue weighted by atomic mass is 9.80. The van der Waals surface area contributed by atoms with Crippen LogP contribution in [0.3, 0.4) is 0 Å². The Morgan fingerprint density at radius 3 is 2.49 bits per heavy atom. The molecule has 7 atom stereocenters. The van der Waals surface area contributed by atoms with Crippen LogP contribution in [-0.4, -0.2) is 22.8 Å². The molecule has 0 aromatic heterocycles. The Morgan fingerprint density at radius 2 is 1.86 bits per heavy atom. The maximum absolute atomic E-state index is 13.4. The number of benzene rings is 1. The Labute approximate surface area is 226 Å². The van der Waals surface area contributed by atoms with Gasteiger partial charge in [0.25, 0.3) is 0 Å². The second-order valence-corrected chi connectivity index (χ2v) is 11.5. The van der Waals surface area contributed by atoms with E-state index in [4.69, 9.17) is 0 Å². The molecule has 1 saturated carbocycles. The van der Waals surface area contributed by atoms with Crippen LogP contribution in [0.1, 0.15) is 57.6 Å². The Kier molecular flexibility index (Phi) is 9.81. The monoisotopic (exact) mass is 500 g/mol. The summed E-state index contributed by atoms with van der Waals surface area (Å²) < 4.78 is 0. The van der Waals surface area contributed by atoms with Gasteiger partial charge in [0.05, 0.1) is 12.5 Å². The van der Waals surface area contributed by atoms with E-state index in [1.807, 2.05) is 17.1 Å². The number of likely N-dealkylation sites (tertiary alicyclic amines) is 1. The van der Waals surface area contributed by atoms with Gasteiger partial charge in [-0.1, -0.05) is 82.8 Å². The fraction of sp³-hybridized carbons (Fsp3) is 0.500. The van der Waals surface area contributed by atoms with Gasteiger partial charge in [-0.2, -0.15) is 0 Å². The molecule has 2 aliphatic rings. The zero-order valence-corrected chi connectivity index (χ0v) is 23.7. The molecule has 3 rings (SSSR count). The average Bonchev–Trinajstić information content (AvgIpc) is 3.31. The largest absolute Gasteiger partial charge is 0.374 e. The molecule has 0 spiro atoms. The predicted octanol–water partition coefficient (Wildman–Crippen LogP) is 7.99. The number of allylic oxidation sites excluding steroid dienone is 5. The smallest absolute Gasteiger partial charge is 0.231 e. The first-order valence-electron chi connectivity index (χ1n) is 14.0. The van der Waals surface area contributed by atoms with Crippen molar-refractivity contribution in [2.75, 3.05) is 7.05 Å².